The first kappa shape index (κ1) is 11.7. The van der Waals surface area contributed by atoms with Gasteiger partial charge in [0, 0.05) is 5.56 Å². The molecular formula is C13H17BO2. The van der Waals surface area contributed by atoms with E-state index in [0.717, 1.165) is 11.0 Å². The summed E-state index contributed by atoms with van der Waals surface area (Å²) >= 11 is 0. The Morgan fingerprint density at radius 2 is 1.38 bits per heavy atom. The second-order valence-electron chi connectivity index (χ2n) is 5.25. The van der Waals surface area contributed by atoms with E-state index in [1.165, 1.54) is 0 Å². The van der Waals surface area contributed by atoms with Gasteiger partial charge in [0.15, 0.2) is 6.29 Å². The first-order valence-corrected chi connectivity index (χ1v) is 5.53. The summed E-state index contributed by atoms with van der Waals surface area (Å²) in [5.41, 5.74) is 1.17. The Hall–Kier alpha value is -0.795. The van der Waals surface area contributed by atoms with Crippen molar-refractivity contribution in [1.29, 1.82) is 0 Å². The minimum atomic E-state index is -0.300. The smallest absolute Gasteiger partial charge is 0.185 e. The molecule has 1 aliphatic heterocycles. The van der Waals surface area contributed by atoms with Crippen molar-refractivity contribution in [1.82, 2.24) is 0 Å². The first-order valence-electron chi connectivity index (χ1n) is 5.53. The fourth-order valence-electron chi connectivity index (χ4n) is 1.63. The van der Waals surface area contributed by atoms with E-state index >= 15 is 0 Å². The topological polar surface area (TPSA) is 18.5 Å². The quantitative estimate of drug-likeness (QED) is 0.669. The number of hydrogen-bond acceptors (Lipinski definition) is 2. The van der Waals surface area contributed by atoms with Crippen molar-refractivity contribution < 1.29 is 9.47 Å². The molecule has 84 valence electrons. The number of hydrogen-bond donors (Lipinski definition) is 0. The van der Waals surface area contributed by atoms with Crippen molar-refractivity contribution >= 4 is 13.3 Å². The standard InChI is InChI=1S/C13H17BO2/c1-12(2)13(3,4)16-11(15-12)9-5-7-10(14)8-6-9/h5-8,11H,1-4H3. The fourth-order valence-corrected chi connectivity index (χ4v) is 1.63. The molecule has 2 rings (SSSR count). The molecule has 0 atom stereocenters. The second kappa shape index (κ2) is 3.61. The van der Waals surface area contributed by atoms with E-state index in [0.29, 0.717) is 0 Å². The maximum absolute atomic E-state index is 5.93. The van der Waals surface area contributed by atoms with E-state index in [1.807, 2.05) is 52.0 Å². The van der Waals surface area contributed by atoms with Gasteiger partial charge in [0.25, 0.3) is 0 Å². The molecule has 0 aliphatic carbocycles. The third kappa shape index (κ3) is 1.90. The highest BCUT2D eigenvalue weighted by molar-refractivity contribution is 6.32. The summed E-state index contributed by atoms with van der Waals surface area (Å²) in [4.78, 5) is 0. The predicted molar refractivity (Wildman–Crippen MR) is 64.9 cm³/mol. The maximum Gasteiger partial charge on any atom is 0.185 e. The van der Waals surface area contributed by atoms with E-state index in [9.17, 15) is 0 Å². The van der Waals surface area contributed by atoms with Gasteiger partial charge in [0.1, 0.15) is 7.85 Å². The summed E-state index contributed by atoms with van der Waals surface area (Å²) in [6.45, 7) is 8.18. The highest BCUT2D eigenvalue weighted by Gasteiger charge is 2.49. The zero-order valence-electron chi connectivity index (χ0n) is 10.3. The summed E-state index contributed by atoms with van der Waals surface area (Å²) < 4.78 is 11.9. The van der Waals surface area contributed by atoms with Crippen molar-refractivity contribution in [3.63, 3.8) is 0 Å². The van der Waals surface area contributed by atoms with Crippen LogP contribution in [0.3, 0.4) is 0 Å². The summed E-state index contributed by atoms with van der Waals surface area (Å²) in [6, 6.07) is 7.61. The molecule has 0 unspecified atom stereocenters. The van der Waals surface area contributed by atoms with Crippen molar-refractivity contribution in [3.8, 4) is 0 Å². The van der Waals surface area contributed by atoms with Crippen LogP contribution in [0.5, 0.6) is 0 Å². The Morgan fingerprint density at radius 1 is 0.938 bits per heavy atom. The highest BCUT2D eigenvalue weighted by Crippen LogP contribution is 2.44. The SMILES string of the molecule is [B]c1ccc(C2OC(C)(C)C(C)(C)O2)cc1. The van der Waals surface area contributed by atoms with Gasteiger partial charge in [-0.1, -0.05) is 29.7 Å². The zero-order valence-corrected chi connectivity index (χ0v) is 10.3. The Balaban J connectivity index is 2.23. The van der Waals surface area contributed by atoms with Crippen LogP contribution in [-0.4, -0.2) is 19.0 Å². The third-order valence-electron chi connectivity index (χ3n) is 3.46. The lowest BCUT2D eigenvalue weighted by Crippen LogP contribution is -2.41. The van der Waals surface area contributed by atoms with Crippen LogP contribution in [0.25, 0.3) is 0 Å². The second-order valence-corrected chi connectivity index (χ2v) is 5.25. The van der Waals surface area contributed by atoms with E-state index in [1.54, 1.807) is 0 Å². The Labute approximate surface area is 98.4 Å². The van der Waals surface area contributed by atoms with Crippen molar-refractivity contribution in [3.05, 3.63) is 29.8 Å². The van der Waals surface area contributed by atoms with Crippen LogP contribution >= 0.6 is 0 Å². The maximum atomic E-state index is 5.93. The molecule has 1 aliphatic rings. The average Bonchev–Trinajstić information content (AvgIpc) is 2.37. The van der Waals surface area contributed by atoms with Crippen LogP contribution < -0.4 is 5.46 Å². The van der Waals surface area contributed by atoms with Gasteiger partial charge in [0.05, 0.1) is 11.2 Å². The molecule has 0 N–H and O–H groups in total. The summed E-state index contributed by atoms with van der Waals surface area (Å²) in [5, 5.41) is 0. The molecule has 2 radical (unpaired) electrons. The average molecular weight is 216 g/mol. The molecule has 0 saturated carbocycles. The number of ether oxygens (including phenoxy) is 2. The normalized spacial score (nSPS) is 23.5. The summed E-state index contributed by atoms with van der Waals surface area (Å²) in [6.07, 6.45) is -0.300. The monoisotopic (exact) mass is 216 g/mol. The Morgan fingerprint density at radius 3 is 1.81 bits per heavy atom. The molecular weight excluding hydrogens is 199 g/mol. The van der Waals surface area contributed by atoms with Crippen molar-refractivity contribution in [2.24, 2.45) is 0 Å². The molecule has 1 fully saturated rings. The lowest BCUT2D eigenvalue weighted by molar-refractivity contribution is -0.0895. The van der Waals surface area contributed by atoms with E-state index in [-0.39, 0.29) is 17.5 Å². The van der Waals surface area contributed by atoms with Crippen LogP contribution in [0.15, 0.2) is 24.3 Å². The number of rotatable bonds is 1. The molecule has 0 aromatic heterocycles. The summed E-state index contributed by atoms with van der Waals surface area (Å²) in [7, 11) is 5.65. The minimum Gasteiger partial charge on any atom is -0.339 e. The van der Waals surface area contributed by atoms with Crippen LogP contribution in [0.4, 0.5) is 0 Å². The van der Waals surface area contributed by atoms with Gasteiger partial charge in [0.2, 0.25) is 0 Å². The third-order valence-corrected chi connectivity index (χ3v) is 3.46. The van der Waals surface area contributed by atoms with E-state index in [2.05, 4.69) is 0 Å². The van der Waals surface area contributed by atoms with Crippen LogP contribution in [0, 0.1) is 0 Å². The molecule has 16 heavy (non-hydrogen) atoms. The molecule has 1 saturated heterocycles. The van der Waals surface area contributed by atoms with Gasteiger partial charge in [-0.25, -0.2) is 0 Å². The van der Waals surface area contributed by atoms with Gasteiger partial charge < -0.3 is 9.47 Å². The van der Waals surface area contributed by atoms with Gasteiger partial charge in [-0.05, 0) is 27.7 Å². The molecule has 0 bridgehead atoms. The van der Waals surface area contributed by atoms with Gasteiger partial charge in [-0.15, -0.1) is 0 Å². The molecule has 1 aromatic carbocycles. The summed E-state index contributed by atoms with van der Waals surface area (Å²) in [5.74, 6) is 0. The molecule has 2 nitrogen and oxygen atoms in total. The van der Waals surface area contributed by atoms with Gasteiger partial charge >= 0.3 is 0 Å². The molecule has 1 heterocycles. The van der Waals surface area contributed by atoms with E-state index < -0.39 is 0 Å². The lowest BCUT2D eigenvalue weighted by atomic mass is 9.90. The zero-order chi connectivity index (χ0) is 12.0. The van der Waals surface area contributed by atoms with Gasteiger partial charge in [-0.2, -0.15) is 0 Å². The van der Waals surface area contributed by atoms with Crippen LogP contribution in [0.2, 0.25) is 0 Å². The lowest BCUT2D eigenvalue weighted by Gasteiger charge is -2.30. The Bertz CT molecular complexity index is 365. The van der Waals surface area contributed by atoms with Crippen molar-refractivity contribution in [2.45, 2.75) is 45.2 Å². The molecule has 1 aromatic rings. The highest BCUT2D eigenvalue weighted by atomic mass is 16.7. The molecule has 3 heteroatoms. The van der Waals surface area contributed by atoms with Gasteiger partial charge in [-0.3, -0.25) is 0 Å². The largest absolute Gasteiger partial charge is 0.339 e. The first-order chi connectivity index (χ1) is 7.32. The van der Waals surface area contributed by atoms with Crippen molar-refractivity contribution in [2.75, 3.05) is 0 Å². The predicted octanol–water partition coefficient (Wildman–Crippen LogP) is 2.08. The Kier molecular flexibility index (Phi) is 2.63. The fraction of sp³-hybridized carbons (Fsp3) is 0.538. The van der Waals surface area contributed by atoms with E-state index in [4.69, 9.17) is 17.3 Å². The molecule has 0 amide bonds. The van der Waals surface area contributed by atoms with Crippen LogP contribution in [-0.2, 0) is 9.47 Å². The minimum absolute atomic E-state index is 0.293. The van der Waals surface area contributed by atoms with Crippen LogP contribution in [0.1, 0.15) is 39.5 Å². The molecule has 0 spiro atoms. The number of benzene rings is 1.